The highest BCUT2D eigenvalue weighted by molar-refractivity contribution is 5.89. The SMILES string of the molecule is Cc1nc(-c2ccccc2)nc(N2CCCN(C(=O)Nc3cc(C(F)(F)F)cc(C(F)(F)F)c3)CC2)c1C(C)C. The molecule has 1 saturated heterocycles. The normalized spacial score (nSPS) is 14.8. The number of aromatic nitrogens is 2. The highest BCUT2D eigenvalue weighted by Gasteiger charge is 2.37. The lowest BCUT2D eigenvalue weighted by Crippen LogP contribution is -2.38. The van der Waals surface area contributed by atoms with Crippen LogP contribution in [-0.2, 0) is 12.4 Å². The Morgan fingerprint density at radius 3 is 2.08 bits per heavy atom. The van der Waals surface area contributed by atoms with Gasteiger partial charge in [0, 0.05) is 48.7 Å². The summed E-state index contributed by atoms with van der Waals surface area (Å²) in [4.78, 5) is 26.0. The van der Waals surface area contributed by atoms with Crippen molar-refractivity contribution in [1.29, 1.82) is 0 Å². The van der Waals surface area contributed by atoms with E-state index in [2.05, 4.69) is 10.2 Å². The number of anilines is 2. The first-order chi connectivity index (χ1) is 18.7. The molecular formula is C28H29F6N5O. The fourth-order valence-corrected chi connectivity index (χ4v) is 4.76. The molecular weight excluding hydrogens is 536 g/mol. The van der Waals surface area contributed by atoms with Gasteiger partial charge in [0.25, 0.3) is 0 Å². The molecule has 214 valence electrons. The minimum Gasteiger partial charge on any atom is -0.354 e. The molecule has 1 aromatic heterocycles. The number of rotatable bonds is 4. The molecule has 0 atom stereocenters. The Bertz CT molecular complexity index is 1330. The Kier molecular flexibility index (Phi) is 8.27. The standard InChI is InChI=1S/C28H29F6N5O/c1-17(2)23-18(3)35-24(19-8-5-4-6-9-19)37-25(23)38-10-7-11-39(13-12-38)26(40)36-22-15-20(27(29,30)31)14-21(16-22)28(32,33)34/h4-6,8-9,14-17H,7,10-13H2,1-3H3,(H,36,40). The number of halogens is 6. The first-order valence-corrected chi connectivity index (χ1v) is 12.8. The van der Waals surface area contributed by atoms with Crippen LogP contribution in [0.25, 0.3) is 11.4 Å². The summed E-state index contributed by atoms with van der Waals surface area (Å²) in [6.07, 6.45) is -9.50. The van der Waals surface area contributed by atoms with Gasteiger partial charge in [-0.15, -0.1) is 0 Å². The van der Waals surface area contributed by atoms with E-state index in [1.165, 1.54) is 4.90 Å². The smallest absolute Gasteiger partial charge is 0.354 e. The minimum absolute atomic E-state index is 0.0270. The van der Waals surface area contributed by atoms with Crippen LogP contribution >= 0.6 is 0 Å². The maximum atomic E-state index is 13.2. The van der Waals surface area contributed by atoms with Crippen LogP contribution in [0.4, 0.5) is 42.6 Å². The second kappa shape index (κ2) is 11.3. The number of alkyl halides is 6. The number of aryl methyl sites for hydroxylation is 1. The molecule has 0 bridgehead atoms. The van der Waals surface area contributed by atoms with Crippen molar-refractivity contribution >= 4 is 17.5 Å². The minimum atomic E-state index is -5.01. The first kappa shape index (κ1) is 29.2. The quantitative estimate of drug-likeness (QED) is 0.336. The fraction of sp³-hybridized carbons (Fsp3) is 0.393. The number of nitrogens with zero attached hydrogens (tertiary/aromatic N) is 4. The number of hydrogen-bond donors (Lipinski definition) is 1. The molecule has 2 heterocycles. The van der Waals surface area contributed by atoms with E-state index in [9.17, 15) is 31.1 Å². The summed E-state index contributed by atoms with van der Waals surface area (Å²) in [6.45, 7) is 7.38. The number of amides is 2. The van der Waals surface area contributed by atoms with Crippen molar-refractivity contribution in [2.45, 2.75) is 45.5 Å². The zero-order chi connectivity index (χ0) is 29.2. The predicted molar refractivity (Wildman–Crippen MR) is 140 cm³/mol. The summed E-state index contributed by atoms with van der Waals surface area (Å²) in [5.41, 5.74) is -0.890. The lowest BCUT2D eigenvalue weighted by atomic mass is 10.0. The van der Waals surface area contributed by atoms with E-state index in [0.717, 1.165) is 22.6 Å². The van der Waals surface area contributed by atoms with Gasteiger partial charge >= 0.3 is 18.4 Å². The molecule has 2 aromatic carbocycles. The molecule has 4 rings (SSSR count). The number of carbonyl (C=O) groups is 1. The van der Waals surface area contributed by atoms with E-state index >= 15 is 0 Å². The molecule has 0 radical (unpaired) electrons. The van der Waals surface area contributed by atoms with Gasteiger partial charge in [-0.2, -0.15) is 26.3 Å². The second-order valence-corrected chi connectivity index (χ2v) is 9.94. The number of benzene rings is 2. The molecule has 1 fully saturated rings. The Morgan fingerprint density at radius 2 is 1.50 bits per heavy atom. The Morgan fingerprint density at radius 1 is 0.875 bits per heavy atom. The highest BCUT2D eigenvalue weighted by atomic mass is 19.4. The molecule has 1 aliphatic rings. The highest BCUT2D eigenvalue weighted by Crippen LogP contribution is 2.38. The van der Waals surface area contributed by atoms with Gasteiger partial charge in [-0.25, -0.2) is 14.8 Å². The number of urea groups is 1. The molecule has 0 unspecified atom stereocenters. The fourth-order valence-electron chi connectivity index (χ4n) is 4.76. The second-order valence-electron chi connectivity index (χ2n) is 9.94. The van der Waals surface area contributed by atoms with E-state index in [1.807, 2.05) is 51.1 Å². The van der Waals surface area contributed by atoms with Crippen molar-refractivity contribution in [2.75, 3.05) is 36.4 Å². The van der Waals surface area contributed by atoms with E-state index in [0.29, 0.717) is 37.5 Å². The molecule has 3 aromatic rings. The lowest BCUT2D eigenvalue weighted by molar-refractivity contribution is -0.143. The zero-order valence-electron chi connectivity index (χ0n) is 22.2. The molecule has 12 heteroatoms. The van der Waals surface area contributed by atoms with Gasteiger partial charge in [0.15, 0.2) is 5.82 Å². The van der Waals surface area contributed by atoms with E-state index in [1.54, 1.807) is 0 Å². The van der Waals surface area contributed by atoms with Gasteiger partial charge in [0.2, 0.25) is 0 Å². The first-order valence-electron chi connectivity index (χ1n) is 12.8. The molecule has 6 nitrogen and oxygen atoms in total. The summed E-state index contributed by atoms with van der Waals surface area (Å²) >= 11 is 0. The summed E-state index contributed by atoms with van der Waals surface area (Å²) in [7, 11) is 0. The van der Waals surface area contributed by atoms with Crippen molar-refractivity contribution in [2.24, 2.45) is 0 Å². The summed E-state index contributed by atoms with van der Waals surface area (Å²) in [5, 5.41) is 2.23. The van der Waals surface area contributed by atoms with E-state index in [-0.39, 0.29) is 25.1 Å². The van der Waals surface area contributed by atoms with Gasteiger partial charge in [-0.05, 0) is 37.5 Å². The average Bonchev–Trinajstić information content (AvgIpc) is 3.14. The number of hydrogen-bond acceptors (Lipinski definition) is 4. The van der Waals surface area contributed by atoms with Crippen molar-refractivity contribution in [3.63, 3.8) is 0 Å². The molecule has 1 N–H and O–H groups in total. The van der Waals surface area contributed by atoms with Crippen LogP contribution in [0.2, 0.25) is 0 Å². The predicted octanol–water partition coefficient (Wildman–Crippen LogP) is 7.36. The Balaban J connectivity index is 1.56. The summed E-state index contributed by atoms with van der Waals surface area (Å²) in [6, 6.07) is 9.78. The Hall–Kier alpha value is -3.83. The van der Waals surface area contributed by atoms with E-state index in [4.69, 9.17) is 9.97 Å². The molecule has 2 amide bonds. The average molecular weight is 566 g/mol. The van der Waals surface area contributed by atoms with E-state index < -0.39 is 35.2 Å². The third kappa shape index (κ3) is 6.65. The molecule has 0 spiro atoms. The molecule has 1 aliphatic heterocycles. The van der Waals surface area contributed by atoms with Gasteiger partial charge in [0.1, 0.15) is 5.82 Å². The van der Waals surface area contributed by atoms with Crippen molar-refractivity contribution < 1.29 is 31.1 Å². The largest absolute Gasteiger partial charge is 0.416 e. The third-order valence-corrected chi connectivity index (χ3v) is 6.65. The van der Waals surface area contributed by atoms with Gasteiger partial charge < -0.3 is 15.1 Å². The van der Waals surface area contributed by atoms with Crippen molar-refractivity contribution in [1.82, 2.24) is 14.9 Å². The van der Waals surface area contributed by atoms with Crippen LogP contribution in [0.1, 0.15) is 48.6 Å². The van der Waals surface area contributed by atoms with Crippen LogP contribution in [0.15, 0.2) is 48.5 Å². The number of carbonyl (C=O) groups excluding carboxylic acids is 1. The van der Waals surface area contributed by atoms with Crippen LogP contribution in [-0.4, -0.2) is 47.1 Å². The van der Waals surface area contributed by atoms with Gasteiger partial charge in [0.05, 0.1) is 11.1 Å². The lowest BCUT2D eigenvalue weighted by Gasteiger charge is -2.27. The molecule has 0 saturated carbocycles. The van der Waals surface area contributed by atoms with Crippen LogP contribution in [0.3, 0.4) is 0 Å². The van der Waals surface area contributed by atoms with Gasteiger partial charge in [-0.3, -0.25) is 0 Å². The van der Waals surface area contributed by atoms with Crippen LogP contribution < -0.4 is 10.2 Å². The monoisotopic (exact) mass is 565 g/mol. The van der Waals surface area contributed by atoms with Crippen molar-refractivity contribution in [3.8, 4) is 11.4 Å². The summed E-state index contributed by atoms with van der Waals surface area (Å²) in [5.74, 6) is 1.43. The maximum Gasteiger partial charge on any atom is 0.416 e. The Labute approximate surface area is 228 Å². The zero-order valence-corrected chi connectivity index (χ0v) is 22.2. The topological polar surface area (TPSA) is 61.4 Å². The number of nitrogens with one attached hydrogen (secondary N) is 1. The summed E-state index contributed by atoms with van der Waals surface area (Å²) < 4.78 is 79.4. The molecule has 40 heavy (non-hydrogen) atoms. The van der Waals surface area contributed by atoms with Crippen LogP contribution in [0, 0.1) is 6.92 Å². The van der Waals surface area contributed by atoms with Gasteiger partial charge in [-0.1, -0.05) is 44.2 Å². The third-order valence-electron chi connectivity index (χ3n) is 6.65. The van der Waals surface area contributed by atoms with Crippen LogP contribution in [0.5, 0.6) is 0 Å². The van der Waals surface area contributed by atoms with Crippen molar-refractivity contribution in [3.05, 3.63) is 70.9 Å². The molecule has 0 aliphatic carbocycles. The maximum absolute atomic E-state index is 13.2.